The molecule has 31 heavy (non-hydrogen) atoms. The smallest absolute Gasteiger partial charge is 0.321 e. The van der Waals surface area contributed by atoms with Gasteiger partial charge in [-0.3, -0.25) is 0 Å². The second-order valence-electron chi connectivity index (χ2n) is 7.39. The van der Waals surface area contributed by atoms with Crippen LogP contribution in [0.25, 0.3) is 11.2 Å². The van der Waals surface area contributed by atoms with Gasteiger partial charge in [0.1, 0.15) is 29.4 Å². The number of piperidine rings is 1. The van der Waals surface area contributed by atoms with Gasteiger partial charge in [-0.25, -0.2) is 14.8 Å². The fraction of sp³-hybridized carbons (Fsp3) is 0.409. The first-order valence-electron chi connectivity index (χ1n) is 10.2. The Balaban J connectivity index is 1.47. The Hall–Kier alpha value is -3.33. The molecule has 2 aromatic heterocycles. The molecule has 1 aromatic carbocycles. The first-order chi connectivity index (χ1) is 15.1. The van der Waals surface area contributed by atoms with Gasteiger partial charge in [-0.2, -0.15) is 0 Å². The highest BCUT2D eigenvalue weighted by atomic mass is 16.5. The van der Waals surface area contributed by atoms with Gasteiger partial charge in [0.15, 0.2) is 5.65 Å². The minimum atomic E-state index is -0.157. The molecule has 1 aliphatic rings. The van der Waals surface area contributed by atoms with Crippen LogP contribution in [0.5, 0.6) is 11.5 Å². The fourth-order valence-corrected chi connectivity index (χ4v) is 4.02. The molecule has 0 aliphatic carbocycles. The van der Waals surface area contributed by atoms with E-state index in [2.05, 4.69) is 19.9 Å². The summed E-state index contributed by atoms with van der Waals surface area (Å²) in [5.74, 6) is 2.10. The molecule has 0 atom stereocenters. The number of nitrogens with zero attached hydrogens (tertiary/aromatic N) is 4. The van der Waals surface area contributed by atoms with Crippen LogP contribution in [0.2, 0.25) is 0 Å². The molecular weight excluding hydrogens is 398 g/mol. The van der Waals surface area contributed by atoms with Gasteiger partial charge < -0.3 is 29.0 Å². The number of hydrogen-bond donors (Lipinski definition) is 1. The molecule has 1 aliphatic heterocycles. The number of pyridine rings is 1. The molecule has 3 aromatic rings. The average molecular weight is 425 g/mol. The Bertz CT molecular complexity index is 1060. The van der Waals surface area contributed by atoms with Crippen molar-refractivity contribution < 1.29 is 19.0 Å². The lowest BCUT2D eigenvalue weighted by atomic mass is 10.0. The van der Waals surface area contributed by atoms with Gasteiger partial charge in [-0.05, 0) is 37.1 Å². The number of amides is 2. The molecule has 9 heteroatoms. The summed E-state index contributed by atoms with van der Waals surface area (Å²) >= 11 is 0. The van der Waals surface area contributed by atoms with E-state index >= 15 is 0 Å². The van der Waals surface area contributed by atoms with Crippen LogP contribution in [-0.2, 0) is 11.3 Å². The van der Waals surface area contributed by atoms with Crippen LogP contribution in [0.4, 0.5) is 10.5 Å². The average Bonchev–Trinajstić information content (AvgIpc) is 3.17. The summed E-state index contributed by atoms with van der Waals surface area (Å²) < 4.78 is 18.1. The number of aromatic nitrogens is 3. The summed E-state index contributed by atoms with van der Waals surface area (Å²) in [6.45, 7) is 1.68. The van der Waals surface area contributed by atoms with Gasteiger partial charge in [0.05, 0.1) is 19.9 Å². The number of methoxy groups -OCH3 is 3. The Morgan fingerprint density at radius 2 is 1.97 bits per heavy atom. The molecule has 4 rings (SSSR count). The SMILES string of the molecule is COCc1nc2cccnc2n1C1CCN(C(=O)Nc2cc(OC)ccc2OC)CC1. The standard InChI is InChI=1S/C22H27N5O4/c1-29-14-20-24-17-5-4-10-23-21(17)27(20)15-8-11-26(12-9-15)22(28)25-18-13-16(30-2)6-7-19(18)31-3/h4-7,10,13,15H,8-9,11-12,14H2,1-3H3,(H,25,28). The molecule has 3 heterocycles. The minimum absolute atomic E-state index is 0.157. The molecule has 1 N–H and O–H groups in total. The van der Waals surface area contributed by atoms with Gasteiger partial charge in [-0.1, -0.05) is 0 Å². The highest BCUT2D eigenvalue weighted by molar-refractivity contribution is 5.91. The quantitative estimate of drug-likeness (QED) is 0.650. The Morgan fingerprint density at radius 3 is 2.68 bits per heavy atom. The molecule has 1 fully saturated rings. The van der Waals surface area contributed by atoms with E-state index in [1.54, 1.807) is 45.7 Å². The first kappa shape index (κ1) is 20.9. The number of likely N-dealkylation sites (tertiary alicyclic amines) is 1. The van der Waals surface area contributed by atoms with Gasteiger partial charge in [0, 0.05) is 38.5 Å². The van der Waals surface area contributed by atoms with Crippen molar-refractivity contribution in [3.8, 4) is 11.5 Å². The van der Waals surface area contributed by atoms with Crippen molar-refractivity contribution in [2.75, 3.05) is 39.7 Å². The molecule has 0 saturated carbocycles. The van der Waals surface area contributed by atoms with Crippen molar-refractivity contribution in [3.63, 3.8) is 0 Å². The second-order valence-corrected chi connectivity index (χ2v) is 7.39. The number of ether oxygens (including phenoxy) is 3. The van der Waals surface area contributed by atoms with Crippen molar-refractivity contribution in [3.05, 3.63) is 42.4 Å². The van der Waals surface area contributed by atoms with E-state index in [1.165, 1.54) is 0 Å². The zero-order valence-corrected chi connectivity index (χ0v) is 18.0. The van der Waals surface area contributed by atoms with Crippen LogP contribution in [0.3, 0.4) is 0 Å². The van der Waals surface area contributed by atoms with Crippen LogP contribution in [0.15, 0.2) is 36.5 Å². The molecule has 1 saturated heterocycles. The van der Waals surface area contributed by atoms with Crippen LogP contribution in [-0.4, -0.2) is 59.9 Å². The van der Waals surface area contributed by atoms with Crippen molar-refractivity contribution in [1.82, 2.24) is 19.4 Å². The lowest BCUT2D eigenvalue weighted by Crippen LogP contribution is -2.41. The lowest BCUT2D eigenvalue weighted by molar-refractivity contribution is 0.162. The van der Waals surface area contributed by atoms with E-state index in [9.17, 15) is 4.79 Å². The number of urea groups is 1. The topological polar surface area (TPSA) is 90.7 Å². The number of rotatable bonds is 6. The van der Waals surface area contributed by atoms with Gasteiger partial charge in [0.2, 0.25) is 0 Å². The van der Waals surface area contributed by atoms with Crippen LogP contribution in [0, 0.1) is 0 Å². The number of benzene rings is 1. The maximum atomic E-state index is 12.9. The van der Waals surface area contributed by atoms with Crippen molar-refractivity contribution in [1.29, 1.82) is 0 Å². The van der Waals surface area contributed by atoms with Gasteiger partial charge in [-0.15, -0.1) is 0 Å². The van der Waals surface area contributed by atoms with Crippen molar-refractivity contribution >= 4 is 22.9 Å². The van der Waals surface area contributed by atoms with Crippen molar-refractivity contribution in [2.24, 2.45) is 0 Å². The molecule has 0 unspecified atom stereocenters. The maximum absolute atomic E-state index is 12.9. The van der Waals surface area contributed by atoms with Crippen LogP contribution in [0.1, 0.15) is 24.7 Å². The molecule has 0 spiro atoms. The second kappa shape index (κ2) is 9.22. The minimum Gasteiger partial charge on any atom is -0.497 e. The molecule has 0 bridgehead atoms. The third kappa shape index (κ3) is 4.27. The van der Waals surface area contributed by atoms with E-state index in [1.807, 2.05) is 17.0 Å². The van der Waals surface area contributed by atoms with Gasteiger partial charge >= 0.3 is 6.03 Å². The number of nitrogens with one attached hydrogen (secondary N) is 1. The Kier molecular flexibility index (Phi) is 6.22. The maximum Gasteiger partial charge on any atom is 0.321 e. The van der Waals surface area contributed by atoms with Crippen LogP contribution >= 0.6 is 0 Å². The first-order valence-corrected chi connectivity index (χ1v) is 10.2. The molecule has 0 radical (unpaired) electrons. The number of carbonyl (C=O) groups is 1. The largest absolute Gasteiger partial charge is 0.497 e. The normalized spacial score (nSPS) is 14.6. The van der Waals surface area contributed by atoms with Crippen LogP contribution < -0.4 is 14.8 Å². The molecule has 2 amide bonds. The predicted molar refractivity (Wildman–Crippen MR) is 117 cm³/mol. The number of fused-ring (bicyclic) bond motifs is 1. The summed E-state index contributed by atoms with van der Waals surface area (Å²) in [6.07, 6.45) is 3.39. The van der Waals surface area contributed by atoms with E-state index in [0.29, 0.717) is 36.9 Å². The number of hydrogen-bond acceptors (Lipinski definition) is 6. The summed E-state index contributed by atoms with van der Waals surface area (Å²) in [6, 6.07) is 9.22. The Labute approximate surface area is 180 Å². The van der Waals surface area contributed by atoms with E-state index < -0.39 is 0 Å². The number of anilines is 1. The van der Waals surface area contributed by atoms with E-state index in [-0.39, 0.29) is 12.1 Å². The molecular formula is C22H27N5O4. The molecule has 164 valence electrons. The summed E-state index contributed by atoms with van der Waals surface area (Å²) in [5, 5.41) is 2.95. The summed E-state index contributed by atoms with van der Waals surface area (Å²) in [5.41, 5.74) is 2.31. The number of carbonyl (C=O) groups excluding carboxylic acids is 1. The number of imidazole rings is 1. The monoisotopic (exact) mass is 425 g/mol. The third-order valence-electron chi connectivity index (χ3n) is 5.56. The van der Waals surface area contributed by atoms with Crippen molar-refractivity contribution in [2.45, 2.75) is 25.5 Å². The fourth-order valence-electron chi connectivity index (χ4n) is 4.02. The Morgan fingerprint density at radius 1 is 1.16 bits per heavy atom. The predicted octanol–water partition coefficient (Wildman–Crippen LogP) is 3.46. The summed E-state index contributed by atoms with van der Waals surface area (Å²) in [4.78, 5) is 23.9. The zero-order valence-electron chi connectivity index (χ0n) is 18.0. The lowest BCUT2D eigenvalue weighted by Gasteiger charge is -2.33. The zero-order chi connectivity index (χ0) is 21.8. The van der Waals surface area contributed by atoms with Gasteiger partial charge in [0.25, 0.3) is 0 Å². The van der Waals surface area contributed by atoms with E-state index in [0.717, 1.165) is 29.8 Å². The molecule has 9 nitrogen and oxygen atoms in total. The highest BCUT2D eigenvalue weighted by Gasteiger charge is 2.27. The third-order valence-corrected chi connectivity index (χ3v) is 5.56. The highest BCUT2D eigenvalue weighted by Crippen LogP contribution is 2.31. The van der Waals surface area contributed by atoms with E-state index in [4.69, 9.17) is 14.2 Å². The summed E-state index contributed by atoms with van der Waals surface area (Å²) in [7, 11) is 4.83.